The summed E-state index contributed by atoms with van der Waals surface area (Å²) in [6.45, 7) is 14.5. The second-order valence-corrected chi connectivity index (χ2v) is 8.28. The van der Waals surface area contributed by atoms with Gasteiger partial charge in [-0.15, -0.1) is 11.3 Å². The van der Waals surface area contributed by atoms with Gasteiger partial charge in [0.05, 0.1) is 23.9 Å². The van der Waals surface area contributed by atoms with Crippen LogP contribution < -0.4 is 5.32 Å². The van der Waals surface area contributed by atoms with Gasteiger partial charge in [0.2, 0.25) is 5.91 Å². The Labute approximate surface area is 177 Å². The third kappa shape index (κ3) is 6.97. The predicted octanol–water partition coefficient (Wildman–Crippen LogP) is 3.67. The molecule has 0 aromatic carbocycles. The van der Waals surface area contributed by atoms with Gasteiger partial charge in [0.25, 0.3) is 5.91 Å². The number of carbonyl (C=O) groups is 2. The molecule has 2 heterocycles. The molecule has 0 atom stereocenters. The highest BCUT2D eigenvalue weighted by Crippen LogP contribution is 2.19. The minimum atomic E-state index is -0.260. The van der Waals surface area contributed by atoms with Gasteiger partial charge >= 0.3 is 0 Å². The van der Waals surface area contributed by atoms with E-state index < -0.39 is 0 Å². The van der Waals surface area contributed by atoms with Gasteiger partial charge in [-0.3, -0.25) is 14.9 Å². The van der Waals surface area contributed by atoms with Crippen LogP contribution in [0.15, 0.2) is 22.1 Å². The largest absolute Gasteiger partial charge is 0.469 e. The molecular formula is C21H32N4O3S. The lowest BCUT2D eigenvalue weighted by molar-refractivity contribution is -0.131. The van der Waals surface area contributed by atoms with Crippen molar-refractivity contribution in [2.75, 3.05) is 38.0 Å². The highest BCUT2D eigenvalue weighted by Gasteiger charge is 2.19. The molecule has 2 rings (SSSR count). The molecule has 2 aromatic rings. The maximum absolute atomic E-state index is 12.9. The maximum Gasteiger partial charge on any atom is 0.260 e. The first-order chi connectivity index (χ1) is 13.8. The van der Waals surface area contributed by atoms with Crippen LogP contribution in [-0.2, 0) is 11.2 Å². The van der Waals surface area contributed by atoms with Crippen LogP contribution in [0.1, 0.15) is 49.5 Å². The zero-order valence-corrected chi connectivity index (χ0v) is 18.8. The molecule has 0 unspecified atom stereocenters. The lowest BCUT2D eigenvalue weighted by Gasteiger charge is -2.27. The van der Waals surface area contributed by atoms with Crippen molar-refractivity contribution in [1.82, 2.24) is 14.8 Å². The lowest BCUT2D eigenvalue weighted by atomic mass is 10.2. The fraction of sp³-hybridized carbons (Fsp3) is 0.571. The average Bonchev–Trinajstić information content (AvgIpc) is 3.29. The summed E-state index contributed by atoms with van der Waals surface area (Å²) in [6.07, 6.45) is 1.72. The number of thiazole rings is 1. The number of hydrogen-bond acceptors (Lipinski definition) is 6. The zero-order chi connectivity index (χ0) is 21.4. The number of likely N-dealkylation sites (N-methyl/N-ethyl adjacent to an activating group) is 1. The fourth-order valence-corrected chi connectivity index (χ4v) is 3.76. The van der Waals surface area contributed by atoms with Crippen LogP contribution in [0, 0.1) is 12.8 Å². The number of rotatable bonds is 11. The normalized spacial score (nSPS) is 11.3. The monoisotopic (exact) mass is 420 g/mol. The summed E-state index contributed by atoms with van der Waals surface area (Å²) < 4.78 is 5.16. The molecule has 0 radical (unpaired) electrons. The minimum absolute atomic E-state index is 0.0692. The Hall–Kier alpha value is -2.19. The van der Waals surface area contributed by atoms with Gasteiger partial charge in [-0.1, -0.05) is 27.7 Å². The number of anilines is 1. The summed E-state index contributed by atoms with van der Waals surface area (Å²) in [5, 5.41) is 5.08. The molecule has 0 saturated carbocycles. The summed E-state index contributed by atoms with van der Waals surface area (Å²) >= 11 is 1.32. The fourth-order valence-electron chi connectivity index (χ4n) is 3.06. The van der Waals surface area contributed by atoms with E-state index in [9.17, 15) is 9.59 Å². The zero-order valence-electron chi connectivity index (χ0n) is 18.0. The minimum Gasteiger partial charge on any atom is -0.469 e. The molecule has 0 aliphatic rings. The molecule has 160 valence electrons. The van der Waals surface area contributed by atoms with Gasteiger partial charge in [0, 0.05) is 25.0 Å². The number of amides is 2. The molecule has 7 nitrogen and oxygen atoms in total. The summed E-state index contributed by atoms with van der Waals surface area (Å²) in [4.78, 5) is 33.8. The first kappa shape index (κ1) is 23.1. The number of furan rings is 1. The van der Waals surface area contributed by atoms with Gasteiger partial charge in [-0.25, -0.2) is 4.98 Å². The summed E-state index contributed by atoms with van der Waals surface area (Å²) in [5.41, 5.74) is 1.16. The SMILES string of the molecule is CCN(CC)CCN(CC(C)C)C(=O)Cc1csc(NC(=O)c2ccoc2C)n1. The Morgan fingerprint density at radius 3 is 2.55 bits per heavy atom. The third-order valence-electron chi connectivity index (χ3n) is 4.73. The summed E-state index contributed by atoms with van der Waals surface area (Å²) in [7, 11) is 0. The molecular weight excluding hydrogens is 388 g/mol. The van der Waals surface area contributed by atoms with E-state index in [1.54, 1.807) is 13.0 Å². The molecule has 0 spiro atoms. The standard InChI is InChI=1S/C21H32N4O3S/c1-6-24(7-2)9-10-25(13-15(3)4)19(26)12-17-14-29-21(22-17)23-20(27)18-8-11-28-16(18)5/h8,11,14-15H,6-7,9-10,12-13H2,1-5H3,(H,22,23,27). The Morgan fingerprint density at radius 1 is 1.24 bits per heavy atom. The van der Waals surface area contributed by atoms with Crippen molar-refractivity contribution in [3.63, 3.8) is 0 Å². The molecule has 0 saturated heterocycles. The van der Waals surface area contributed by atoms with Crippen molar-refractivity contribution in [3.8, 4) is 0 Å². The van der Waals surface area contributed by atoms with Crippen LogP contribution in [0.25, 0.3) is 0 Å². The van der Waals surface area contributed by atoms with E-state index in [0.29, 0.717) is 34.6 Å². The van der Waals surface area contributed by atoms with E-state index in [2.05, 4.69) is 42.9 Å². The van der Waals surface area contributed by atoms with Gasteiger partial charge < -0.3 is 14.2 Å². The number of carbonyl (C=O) groups excluding carboxylic acids is 2. The Morgan fingerprint density at radius 2 is 1.97 bits per heavy atom. The number of nitrogens with zero attached hydrogens (tertiary/aromatic N) is 3. The smallest absolute Gasteiger partial charge is 0.260 e. The van der Waals surface area contributed by atoms with Gasteiger partial charge in [0.15, 0.2) is 5.13 Å². The van der Waals surface area contributed by atoms with Crippen LogP contribution in [0.5, 0.6) is 0 Å². The third-order valence-corrected chi connectivity index (χ3v) is 5.53. The number of hydrogen-bond donors (Lipinski definition) is 1. The van der Waals surface area contributed by atoms with Gasteiger partial charge in [-0.05, 0) is 32.0 Å². The van der Waals surface area contributed by atoms with E-state index in [-0.39, 0.29) is 18.2 Å². The Kier molecular flexibility index (Phi) is 8.85. The van der Waals surface area contributed by atoms with Crippen molar-refractivity contribution in [2.45, 2.75) is 41.0 Å². The number of aromatic nitrogens is 1. The van der Waals surface area contributed by atoms with Gasteiger partial charge in [0.1, 0.15) is 5.76 Å². The molecule has 0 aliphatic heterocycles. The van der Waals surface area contributed by atoms with Crippen LogP contribution in [-0.4, -0.2) is 59.3 Å². The highest BCUT2D eigenvalue weighted by molar-refractivity contribution is 7.14. The highest BCUT2D eigenvalue weighted by atomic mass is 32.1. The van der Waals surface area contributed by atoms with Crippen LogP contribution in [0.2, 0.25) is 0 Å². The second-order valence-electron chi connectivity index (χ2n) is 7.43. The molecule has 2 aromatic heterocycles. The second kappa shape index (κ2) is 11.1. The quantitative estimate of drug-likeness (QED) is 0.600. The first-order valence-corrected chi connectivity index (χ1v) is 11.0. The van der Waals surface area contributed by atoms with Crippen LogP contribution in [0.3, 0.4) is 0 Å². The molecule has 0 bridgehead atoms. The van der Waals surface area contributed by atoms with Crippen molar-refractivity contribution >= 4 is 28.3 Å². The lowest BCUT2D eigenvalue weighted by Crippen LogP contribution is -2.41. The number of nitrogens with one attached hydrogen (secondary N) is 1. The van der Waals surface area contributed by atoms with Gasteiger partial charge in [-0.2, -0.15) is 0 Å². The molecule has 2 amide bonds. The Balaban J connectivity index is 1.96. The molecule has 0 fully saturated rings. The van der Waals surface area contributed by atoms with Crippen molar-refractivity contribution in [2.24, 2.45) is 5.92 Å². The van der Waals surface area contributed by atoms with Crippen molar-refractivity contribution in [1.29, 1.82) is 0 Å². The van der Waals surface area contributed by atoms with E-state index in [0.717, 1.165) is 26.2 Å². The molecule has 8 heteroatoms. The summed E-state index contributed by atoms with van der Waals surface area (Å²) in [6, 6.07) is 1.63. The van der Waals surface area contributed by atoms with Crippen LogP contribution in [0.4, 0.5) is 5.13 Å². The first-order valence-electron chi connectivity index (χ1n) is 10.1. The maximum atomic E-state index is 12.9. The molecule has 29 heavy (non-hydrogen) atoms. The van der Waals surface area contributed by atoms with E-state index in [4.69, 9.17) is 4.42 Å². The van der Waals surface area contributed by atoms with Crippen molar-refractivity contribution < 1.29 is 14.0 Å². The molecule has 0 aliphatic carbocycles. The number of aryl methyl sites for hydroxylation is 1. The van der Waals surface area contributed by atoms with E-state index >= 15 is 0 Å². The summed E-state index contributed by atoms with van der Waals surface area (Å²) in [5.74, 6) is 0.773. The van der Waals surface area contributed by atoms with E-state index in [1.165, 1.54) is 17.6 Å². The Bertz CT molecular complexity index is 795. The molecule has 1 N–H and O–H groups in total. The van der Waals surface area contributed by atoms with E-state index in [1.807, 2.05) is 10.3 Å². The van der Waals surface area contributed by atoms with Crippen molar-refractivity contribution in [3.05, 3.63) is 34.7 Å². The predicted molar refractivity (Wildman–Crippen MR) is 116 cm³/mol. The van der Waals surface area contributed by atoms with Crippen LogP contribution >= 0.6 is 11.3 Å². The average molecular weight is 421 g/mol. The topological polar surface area (TPSA) is 78.7 Å².